The number of benzene rings is 1. The third-order valence-corrected chi connectivity index (χ3v) is 4.44. The average Bonchev–Trinajstić information content (AvgIpc) is 2.59. The largest absolute Gasteiger partial charge is 0.456 e. The summed E-state index contributed by atoms with van der Waals surface area (Å²) in [5, 5.41) is 4.49. The summed E-state index contributed by atoms with van der Waals surface area (Å²) in [4.78, 5) is 34.4. The van der Waals surface area contributed by atoms with E-state index in [1.807, 2.05) is 19.2 Å². The highest BCUT2D eigenvalue weighted by Crippen LogP contribution is 2.06. The van der Waals surface area contributed by atoms with Gasteiger partial charge in [-0.25, -0.2) is 17.9 Å². The highest BCUT2D eigenvalue weighted by atomic mass is 32.2. The number of rotatable bonds is 9. The predicted octanol–water partition coefficient (Wildman–Crippen LogP) is 0.380. The lowest BCUT2D eigenvalue weighted by atomic mass is 10.2. The summed E-state index contributed by atoms with van der Waals surface area (Å²) >= 11 is 0. The Labute approximate surface area is 152 Å². The Balaban J connectivity index is 2.26. The van der Waals surface area contributed by atoms with Crippen LogP contribution < -0.4 is 15.4 Å². The topological polar surface area (TPSA) is 131 Å². The van der Waals surface area contributed by atoms with E-state index < -0.39 is 34.5 Å². The van der Waals surface area contributed by atoms with Gasteiger partial charge < -0.3 is 10.1 Å². The molecule has 0 atom stereocenters. The first kappa shape index (κ1) is 21.6. The predicted molar refractivity (Wildman–Crippen MR) is 93.6 cm³/mol. The number of imide groups is 1. The summed E-state index contributed by atoms with van der Waals surface area (Å²) < 4.78 is 30.8. The number of carbonyl (C=O) groups is 3. The van der Waals surface area contributed by atoms with Crippen molar-refractivity contribution in [2.75, 3.05) is 19.7 Å². The number of hydrogen-bond acceptors (Lipinski definition) is 6. The summed E-state index contributed by atoms with van der Waals surface area (Å²) in [5.41, 5.74) is 0. The monoisotopic (exact) mass is 385 g/mol. The van der Waals surface area contributed by atoms with Gasteiger partial charge in [-0.1, -0.05) is 32.0 Å². The van der Waals surface area contributed by atoms with Crippen molar-refractivity contribution in [2.45, 2.75) is 25.2 Å². The van der Waals surface area contributed by atoms with Gasteiger partial charge in [-0.15, -0.1) is 0 Å². The van der Waals surface area contributed by atoms with Gasteiger partial charge in [-0.3, -0.25) is 14.9 Å². The van der Waals surface area contributed by atoms with Gasteiger partial charge in [0.25, 0.3) is 5.91 Å². The lowest BCUT2D eigenvalue weighted by Crippen LogP contribution is -2.42. The van der Waals surface area contributed by atoms with Crippen LogP contribution in [0.1, 0.15) is 20.3 Å². The van der Waals surface area contributed by atoms with E-state index in [4.69, 9.17) is 0 Å². The van der Waals surface area contributed by atoms with Crippen LogP contribution in [0.4, 0.5) is 4.79 Å². The number of amides is 3. The number of hydrogen-bond donors (Lipinski definition) is 3. The molecule has 26 heavy (non-hydrogen) atoms. The van der Waals surface area contributed by atoms with Gasteiger partial charge in [-0.2, -0.15) is 0 Å². The fourth-order valence-electron chi connectivity index (χ4n) is 1.69. The Hall–Kier alpha value is -2.46. The number of nitrogens with one attached hydrogen (secondary N) is 3. The molecule has 0 aliphatic rings. The molecule has 3 N–H and O–H groups in total. The van der Waals surface area contributed by atoms with E-state index >= 15 is 0 Å². The maximum atomic E-state index is 11.9. The van der Waals surface area contributed by atoms with Crippen molar-refractivity contribution in [1.82, 2.24) is 15.4 Å². The second-order valence-corrected chi connectivity index (χ2v) is 7.54. The molecule has 0 radical (unpaired) electrons. The van der Waals surface area contributed by atoms with Gasteiger partial charge in [0.2, 0.25) is 10.0 Å². The number of esters is 1. The lowest BCUT2D eigenvalue weighted by Gasteiger charge is -2.09. The van der Waals surface area contributed by atoms with Crippen LogP contribution in [0, 0.1) is 5.92 Å². The molecule has 0 aromatic heterocycles. The first-order chi connectivity index (χ1) is 12.2. The lowest BCUT2D eigenvalue weighted by molar-refractivity contribution is -0.148. The second-order valence-electron chi connectivity index (χ2n) is 5.77. The highest BCUT2D eigenvalue weighted by molar-refractivity contribution is 7.89. The summed E-state index contributed by atoms with van der Waals surface area (Å²) in [7, 11) is -3.71. The van der Waals surface area contributed by atoms with Crippen molar-refractivity contribution in [3.05, 3.63) is 30.3 Å². The zero-order chi connectivity index (χ0) is 19.6. The second kappa shape index (κ2) is 10.5. The maximum Gasteiger partial charge on any atom is 0.321 e. The molecule has 0 bridgehead atoms. The van der Waals surface area contributed by atoms with Gasteiger partial charge in [0, 0.05) is 13.1 Å². The molecule has 0 saturated heterocycles. The van der Waals surface area contributed by atoms with Crippen molar-refractivity contribution in [2.24, 2.45) is 5.92 Å². The molecule has 1 rings (SSSR count). The van der Waals surface area contributed by atoms with E-state index in [0.717, 1.165) is 0 Å². The molecule has 10 heteroatoms. The molecular weight excluding hydrogens is 362 g/mol. The number of sulfonamides is 1. The van der Waals surface area contributed by atoms with Crippen LogP contribution in [0.5, 0.6) is 0 Å². The zero-order valence-corrected chi connectivity index (χ0v) is 15.5. The molecule has 144 valence electrons. The van der Waals surface area contributed by atoms with Gasteiger partial charge in [-0.05, 0) is 18.1 Å². The van der Waals surface area contributed by atoms with Crippen molar-refractivity contribution >= 4 is 27.9 Å². The van der Waals surface area contributed by atoms with Gasteiger partial charge >= 0.3 is 12.0 Å². The summed E-state index contributed by atoms with van der Waals surface area (Å²) in [6.07, 6.45) is -0.251. The highest BCUT2D eigenvalue weighted by Gasteiger charge is 2.15. The Bertz CT molecular complexity index is 719. The summed E-state index contributed by atoms with van der Waals surface area (Å²) in [6, 6.07) is 7.03. The van der Waals surface area contributed by atoms with Crippen LogP contribution in [-0.4, -0.2) is 46.0 Å². The van der Waals surface area contributed by atoms with E-state index in [-0.39, 0.29) is 23.8 Å². The molecule has 0 aliphatic carbocycles. The van der Waals surface area contributed by atoms with Crippen LogP contribution in [0.25, 0.3) is 0 Å². The maximum absolute atomic E-state index is 11.9. The van der Waals surface area contributed by atoms with E-state index in [9.17, 15) is 22.8 Å². The van der Waals surface area contributed by atoms with Crippen LogP contribution in [0.2, 0.25) is 0 Å². The minimum Gasteiger partial charge on any atom is -0.456 e. The number of ether oxygens (including phenoxy) is 1. The van der Waals surface area contributed by atoms with Crippen molar-refractivity contribution in [1.29, 1.82) is 0 Å². The Morgan fingerprint density at radius 1 is 1.12 bits per heavy atom. The molecule has 1 aromatic rings. The molecule has 9 nitrogen and oxygen atoms in total. The van der Waals surface area contributed by atoms with Crippen molar-refractivity contribution in [3.8, 4) is 0 Å². The van der Waals surface area contributed by atoms with Crippen molar-refractivity contribution in [3.63, 3.8) is 0 Å². The third kappa shape index (κ3) is 8.58. The number of carbonyl (C=O) groups excluding carboxylic acids is 3. The molecule has 3 amide bonds. The first-order valence-corrected chi connectivity index (χ1v) is 9.47. The van der Waals surface area contributed by atoms with E-state index in [2.05, 4.69) is 14.8 Å². The average molecular weight is 385 g/mol. The van der Waals surface area contributed by atoms with Crippen LogP contribution in [-0.2, 0) is 24.3 Å². The number of urea groups is 1. The molecule has 0 unspecified atom stereocenters. The fourth-order valence-corrected chi connectivity index (χ4v) is 2.75. The smallest absolute Gasteiger partial charge is 0.321 e. The molecular formula is C16H23N3O6S. The van der Waals surface area contributed by atoms with Gasteiger partial charge in [0.15, 0.2) is 6.61 Å². The van der Waals surface area contributed by atoms with Gasteiger partial charge in [0.05, 0.1) is 11.3 Å². The summed E-state index contributed by atoms with van der Waals surface area (Å²) in [5.74, 6) is -1.31. The molecule has 1 aromatic carbocycles. The van der Waals surface area contributed by atoms with E-state index in [1.54, 1.807) is 18.2 Å². The molecule has 0 fully saturated rings. The normalized spacial score (nSPS) is 11.0. The molecule has 0 heterocycles. The molecule has 0 aliphatic heterocycles. The zero-order valence-electron chi connectivity index (χ0n) is 14.7. The fraction of sp³-hybridized carbons (Fsp3) is 0.438. The minimum atomic E-state index is -3.71. The summed E-state index contributed by atoms with van der Waals surface area (Å²) in [6.45, 7) is 3.40. The van der Waals surface area contributed by atoms with Gasteiger partial charge in [0.1, 0.15) is 0 Å². The Kier molecular flexibility index (Phi) is 8.73. The van der Waals surface area contributed by atoms with Crippen LogP contribution in [0.15, 0.2) is 35.2 Å². The molecule has 0 saturated carbocycles. The van der Waals surface area contributed by atoms with E-state index in [0.29, 0.717) is 6.54 Å². The third-order valence-electron chi connectivity index (χ3n) is 2.96. The standard InChI is InChI=1S/C16H23N3O6S/c1-12(2)10-17-16(22)19-14(20)11-25-15(21)8-9-18-26(23,24)13-6-4-3-5-7-13/h3-7,12,18H,8-11H2,1-2H3,(H2,17,19,20,22). The Morgan fingerprint density at radius 3 is 2.38 bits per heavy atom. The Morgan fingerprint density at radius 2 is 1.77 bits per heavy atom. The van der Waals surface area contributed by atoms with E-state index in [1.165, 1.54) is 12.1 Å². The van der Waals surface area contributed by atoms with Crippen molar-refractivity contribution < 1.29 is 27.5 Å². The van der Waals surface area contributed by atoms with Crippen LogP contribution in [0.3, 0.4) is 0 Å². The van der Waals surface area contributed by atoms with Crippen LogP contribution >= 0.6 is 0 Å². The quantitative estimate of drug-likeness (QED) is 0.527. The molecule has 0 spiro atoms. The SMILES string of the molecule is CC(C)CNC(=O)NC(=O)COC(=O)CCNS(=O)(=O)c1ccccc1. The first-order valence-electron chi connectivity index (χ1n) is 7.98. The minimum absolute atomic E-state index is 0.0835.